The van der Waals surface area contributed by atoms with E-state index in [9.17, 15) is 14.0 Å². The molecule has 0 aliphatic carbocycles. The van der Waals surface area contributed by atoms with Gasteiger partial charge >= 0.3 is 0 Å². The number of fused-ring (bicyclic) bond motifs is 2. The van der Waals surface area contributed by atoms with Gasteiger partial charge in [0.15, 0.2) is 0 Å². The molecule has 0 radical (unpaired) electrons. The Morgan fingerprint density at radius 2 is 1.82 bits per heavy atom. The molecule has 40 heavy (non-hydrogen) atoms. The van der Waals surface area contributed by atoms with E-state index in [1.165, 1.54) is 18.9 Å². The summed E-state index contributed by atoms with van der Waals surface area (Å²) in [5.74, 6) is 0.0963. The minimum atomic E-state index is -0.431. The number of rotatable bonds is 11. The van der Waals surface area contributed by atoms with Crippen LogP contribution < -0.4 is 16.2 Å². The minimum Gasteiger partial charge on any atom is -0.381 e. The molecular weight excluding hydrogens is 507 g/mol. The summed E-state index contributed by atoms with van der Waals surface area (Å²) < 4.78 is 16.5. The van der Waals surface area contributed by atoms with Crippen molar-refractivity contribution in [3.8, 4) is 0 Å². The number of aromatic nitrogens is 2. The van der Waals surface area contributed by atoms with Crippen molar-refractivity contribution in [1.29, 1.82) is 0 Å². The van der Waals surface area contributed by atoms with Gasteiger partial charge in [-0.05, 0) is 86.9 Å². The molecule has 2 N–H and O–H groups in total. The van der Waals surface area contributed by atoms with Crippen LogP contribution in [0.2, 0.25) is 0 Å². The zero-order valence-corrected chi connectivity index (χ0v) is 23.5. The van der Waals surface area contributed by atoms with Crippen molar-refractivity contribution in [3.63, 3.8) is 0 Å². The molecule has 3 aromatic rings. The average Bonchev–Trinajstić information content (AvgIpc) is 3.63. The monoisotopic (exact) mass is 546 g/mol. The Bertz CT molecular complexity index is 1440. The second-order valence-corrected chi connectivity index (χ2v) is 10.5. The lowest BCUT2D eigenvalue weighted by molar-refractivity contribution is 0.0949. The minimum absolute atomic E-state index is 0.0886. The van der Waals surface area contributed by atoms with E-state index in [1.54, 1.807) is 10.6 Å². The van der Waals surface area contributed by atoms with Crippen LogP contribution in [-0.4, -0.2) is 77.6 Å². The van der Waals surface area contributed by atoms with E-state index in [-0.39, 0.29) is 11.5 Å². The number of hydrogen-bond donors (Lipinski definition) is 2. The second-order valence-electron chi connectivity index (χ2n) is 10.5. The molecule has 0 unspecified atom stereocenters. The highest BCUT2D eigenvalue weighted by molar-refractivity contribution is 5.94. The van der Waals surface area contributed by atoms with Crippen LogP contribution in [0.5, 0.6) is 0 Å². The average molecular weight is 547 g/mol. The molecule has 1 fully saturated rings. The number of nitrogens with zero attached hydrogens (tertiary/aromatic N) is 4. The van der Waals surface area contributed by atoms with Gasteiger partial charge in [0.25, 0.3) is 11.5 Å². The van der Waals surface area contributed by atoms with Crippen LogP contribution in [0.1, 0.15) is 54.9 Å². The highest BCUT2D eigenvalue weighted by Gasteiger charge is 2.22. The number of likely N-dealkylation sites (tertiary alicyclic amines) is 1. The smallest absolute Gasteiger partial charge is 0.261 e. The molecule has 2 aliphatic rings. The van der Waals surface area contributed by atoms with E-state index < -0.39 is 5.82 Å². The maximum absolute atomic E-state index is 14.8. The topological polar surface area (TPSA) is 82.5 Å². The Balaban J connectivity index is 1.30. The molecule has 212 valence electrons. The SMILES string of the molecule is CCN(CC)CCNC(=O)c1ccc(/C=C2\CCn3c2nc2cc(NCCN4CCCC4)c(F)cc2c3=O)cc1. The Morgan fingerprint density at radius 1 is 1.07 bits per heavy atom. The van der Waals surface area contributed by atoms with Gasteiger partial charge in [-0.3, -0.25) is 14.2 Å². The van der Waals surface area contributed by atoms with Crippen molar-refractivity contribution in [3.05, 3.63) is 69.5 Å². The summed E-state index contributed by atoms with van der Waals surface area (Å²) >= 11 is 0. The molecule has 9 heteroatoms. The largest absolute Gasteiger partial charge is 0.381 e. The van der Waals surface area contributed by atoms with Crippen molar-refractivity contribution < 1.29 is 9.18 Å². The van der Waals surface area contributed by atoms with E-state index in [0.717, 1.165) is 50.4 Å². The van der Waals surface area contributed by atoms with Gasteiger partial charge in [-0.1, -0.05) is 26.0 Å². The first-order valence-electron chi connectivity index (χ1n) is 14.5. The summed E-state index contributed by atoms with van der Waals surface area (Å²) in [5.41, 5.74) is 3.14. The van der Waals surface area contributed by atoms with Gasteiger partial charge < -0.3 is 20.4 Å². The number of nitrogens with one attached hydrogen (secondary N) is 2. The predicted octanol–water partition coefficient (Wildman–Crippen LogP) is 4.06. The second kappa shape index (κ2) is 12.7. The molecule has 1 amide bonds. The maximum Gasteiger partial charge on any atom is 0.261 e. The van der Waals surface area contributed by atoms with Crippen molar-refractivity contribution >= 4 is 34.1 Å². The summed E-state index contributed by atoms with van der Waals surface area (Å²) in [4.78, 5) is 35.2. The highest BCUT2D eigenvalue weighted by Crippen LogP contribution is 2.29. The van der Waals surface area contributed by atoms with Crippen LogP contribution in [0.3, 0.4) is 0 Å². The molecule has 0 bridgehead atoms. The van der Waals surface area contributed by atoms with Gasteiger partial charge in [0, 0.05) is 38.3 Å². The lowest BCUT2D eigenvalue weighted by Crippen LogP contribution is -2.34. The standard InChI is InChI=1S/C31H39FN6O2/c1-3-36(4-2)17-13-34-30(39)23-9-7-22(8-10-23)19-24-11-16-38-29(24)35-27-21-28(26(32)20-25(27)31(38)40)33-12-18-37-14-5-6-15-37/h7-10,19-21,33H,3-6,11-18H2,1-2H3,(H,34,39)/b24-19+. The molecule has 1 saturated heterocycles. The number of likely N-dealkylation sites (N-methyl/N-ethyl adjacent to an activating group) is 1. The Labute approximate surface area is 234 Å². The summed E-state index contributed by atoms with van der Waals surface area (Å²) in [6.07, 6.45) is 5.11. The fourth-order valence-electron chi connectivity index (χ4n) is 5.57. The maximum atomic E-state index is 14.8. The quantitative estimate of drug-likeness (QED) is 0.378. The highest BCUT2D eigenvalue weighted by atomic mass is 19.1. The molecule has 0 spiro atoms. The van der Waals surface area contributed by atoms with Crippen molar-refractivity contribution in [2.45, 2.75) is 39.7 Å². The third-order valence-corrected chi connectivity index (χ3v) is 8.00. The third kappa shape index (κ3) is 6.26. The zero-order valence-electron chi connectivity index (χ0n) is 23.5. The molecule has 2 aliphatic heterocycles. The van der Waals surface area contributed by atoms with Crippen molar-refractivity contribution in [2.75, 3.05) is 57.7 Å². The first-order valence-corrected chi connectivity index (χ1v) is 14.5. The van der Waals surface area contributed by atoms with Gasteiger partial charge in [-0.2, -0.15) is 0 Å². The number of carbonyl (C=O) groups is 1. The number of anilines is 1. The first-order chi connectivity index (χ1) is 19.5. The lowest BCUT2D eigenvalue weighted by Gasteiger charge is -2.17. The van der Waals surface area contributed by atoms with Gasteiger partial charge in [-0.15, -0.1) is 0 Å². The first kappa shape index (κ1) is 28.0. The number of carbonyl (C=O) groups excluding carboxylic acids is 1. The number of hydrogen-bond acceptors (Lipinski definition) is 6. The van der Waals surface area contributed by atoms with E-state index in [4.69, 9.17) is 4.98 Å². The van der Waals surface area contributed by atoms with Crippen LogP contribution in [0.15, 0.2) is 41.2 Å². The van der Waals surface area contributed by atoms with E-state index in [0.29, 0.717) is 54.0 Å². The summed E-state index contributed by atoms with van der Waals surface area (Å²) in [6, 6.07) is 10.4. The van der Waals surface area contributed by atoms with E-state index in [2.05, 4.69) is 34.3 Å². The van der Waals surface area contributed by atoms with E-state index in [1.807, 2.05) is 30.3 Å². The number of amides is 1. The molecular formula is C31H39FN6O2. The van der Waals surface area contributed by atoms with Crippen LogP contribution >= 0.6 is 0 Å². The molecule has 0 atom stereocenters. The van der Waals surface area contributed by atoms with Gasteiger partial charge in [0.2, 0.25) is 0 Å². The van der Waals surface area contributed by atoms with Gasteiger partial charge in [0.05, 0.1) is 16.6 Å². The Hall–Kier alpha value is -3.56. The molecule has 5 rings (SSSR count). The fraction of sp³-hybridized carbons (Fsp3) is 0.452. The van der Waals surface area contributed by atoms with Crippen molar-refractivity contribution in [2.24, 2.45) is 0 Å². The molecule has 1 aromatic heterocycles. The lowest BCUT2D eigenvalue weighted by atomic mass is 10.1. The molecule has 2 aromatic carbocycles. The summed E-state index contributed by atoms with van der Waals surface area (Å²) in [7, 11) is 0. The van der Waals surface area contributed by atoms with E-state index >= 15 is 0 Å². The Morgan fingerprint density at radius 3 is 2.55 bits per heavy atom. The zero-order chi connectivity index (χ0) is 28.1. The van der Waals surface area contributed by atoms with Crippen LogP contribution in [-0.2, 0) is 6.54 Å². The van der Waals surface area contributed by atoms with Crippen LogP contribution in [0.4, 0.5) is 10.1 Å². The van der Waals surface area contributed by atoms with Crippen LogP contribution in [0, 0.1) is 5.82 Å². The van der Waals surface area contributed by atoms with Crippen LogP contribution in [0.25, 0.3) is 22.6 Å². The van der Waals surface area contributed by atoms with Gasteiger partial charge in [0.1, 0.15) is 11.6 Å². The third-order valence-electron chi connectivity index (χ3n) is 8.00. The fourth-order valence-corrected chi connectivity index (χ4v) is 5.57. The molecule has 8 nitrogen and oxygen atoms in total. The molecule has 0 saturated carbocycles. The summed E-state index contributed by atoms with van der Waals surface area (Å²) in [5, 5.41) is 6.47. The number of halogens is 1. The number of benzene rings is 2. The molecule has 3 heterocycles. The predicted molar refractivity (Wildman–Crippen MR) is 159 cm³/mol. The normalized spacial score (nSPS) is 16.2. The number of allylic oxidation sites excluding steroid dienone is 1. The van der Waals surface area contributed by atoms with Gasteiger partial charge in [-0.25, -0.2) is 9.37 Å². The summed E-state index contributed by atoms with van der Waals surface area (Å²) in [6.45, 7) is 11.8. The Kier molecular flexibility index (Phi) is 8.91. The van der Waals surface area contributed by atoms with Crippen molar-refractivity contribution in [1.82, 2.24) is 24.7 Å².